The minimum absolute atomic E-state index is 0.535. The third-order valence-electron chi connectivity index (χ3n) is 1.66. The number of anilines is 1. The van der Waals surface area contributed by atoms with Crippen LogP contribution in [-0.4, -0.2) is 23.0 Å². The molecule has 1 unspecified atom stereocenters. The first-order valence-electron chi connectivity index (χ1n) is 4.12. The molecule has 0 radical (unpaired) electrons. The molecule has 1 rings (SSSR count). The Morgan fingerprint density at radius 2 is 2.54 bits per heavy atom. The second kappa shape index (κ2) is 5.88. The van der Waals surface area contributed by atoms with E-state index in [1.54, 1.807) is 11.3 Å². The lowest BCUT2D eigenvalue weighted by atomic mass is 10.3. The van der Waals surface area contributed by atoms with Gasteiger partial charge in [0.15, 0.2) is 5.13 Å². The Morgan fingerprint density at radius 1 is 1.77 bits per heavy atom. The highest BCUT2D eigenvalue weighted by Gasteiger charge is 2.07. The number of thioether (sulfide) groups is 1. The highest BCUT2D eigenvalue weighted by molar-refractivity contribution is 9.10. The van der Waals surface area contributed by atoms with Crippen molar-refractivity contribution in [3.05, 3.63) is 9.98 Å². The number of thiazole rings is 1. The van der Waals surface area contributed by atoms with Crippen molar-refractivity contribution < 1.29 is 0 Å². The maximum Gasteiger partial charge on any atom is 0.183 e. The lowest BCUT2D eigenvalue weighted by Gasteiger charge is -2.14. The van der Waals surface area contributed by atoms with E-state index in [9.17, 15) is 0 Å². The van der Waals surface area contributed by atoms with Crippen LogP contribution >= 0.6 is 39.0 Å². The number of aromatic nitrogens is 1. The summed E-state index contributed by atoms with van der Waals surface area (Å²) < 4.78 is 0.916. The zero-order valence-electron chi connectivity index (χ0n) is 7.71. The fourth-order valence-electron chi connectivity index (χ4n) is 0.958. The Bertz CT molecular complexity index is 252. The minimum atomic E-state index is 0.535. The summed E-state index contributed by atoms with van der Waals surface area (Å²) in [6.07, 6.45) is 3.26. The fourth-order valence-corrected chi connectivity index (χ4v) is 2.90. The van der Waals surface area contributed by atoms with E-state index in [-0.39, 0.29) is 0 Å². The van der Waals surface area contributed by atoms with Crippen LogP contribution in [0.25, 0.3) is 0 Å². The minimum Gasteiger partial charge on any atom is -0.358 e. The first kappa shape index (κ1) is 11.3. The first-order chi connectivity index (χ1) is 6.26. The molecule has 0 spiro atoms. The van der Waals surface area contributed by atoms with Crippen molar-refractivity contribution in [2.45, 2.75) is 19.4 Å². The molecule has 1 aromatic heterocycles. The smallest absolute Gasteiger partial charge is 0.183 e. The zero-order valence-corrected chi connectivity index (χ0v) is 10.9. The van der Waals surface area contributed by atoms with Gasteiger partial charge in [0.2, 0.25) is 0 Å². The highest BCUT2D eigenvalue weighted by atomic mass is 79.9. The molecule has 0 aliphatic rings. The van der Waals surface area contributed by atoms with E-state index in [4.69, 9.17) is 0 Å². The van der Waals surface area contributed by atoms with Crippen LogP contribution in [0.5, 0.6) is 0 Å². The van der Waals surface area contributed by atoms with Gasteiger partial charge in [0.1, 0.15) is 4.60 Å². The summed E-state index contributed by atoms with van der Waals surface area (Å²) in [6, 6.07) is 0.535. The van der Waals surface area contributed by atoms with Crippen molar-refractivity contribution in [2.75, 3.05) is 17.3 Å². The van der Waals surface area contributed by atoms with Gasteiger partial charge in [-0.1, -0.05) is 6.92 Å². The molecule has 0 fully saturated rings. The molecule has 1 atom stereocenters. The van der Waals surface area contributed by atoms with Crippen LogP contribution in [0.2, 0.25) is 0 Å². The van der Waals surface area contributed by atoms with Gasteiger partial charge in [0.05, 0.1) is 0 Å². The van der Waals surface area contributed by atoms with E-state index in [0.29, 0.717) is 6.04 Å². The van der Waals surface area contributed by atoms with Crippen LogP contribution < -0.4 is 5.32 Å². The van der Waals surface area contributed by atoms with Gasteiger partial charge in [-0.05, 0) is 28.6 Å². The summed E-state index contributed by atoms with van der Waals surface area (Å²) in [6.45, 7) is 2.19. The monoisotopic (exact) mass is 280 g/mol. The second-order valence-electron chi connectivity index (χ2n) is 2.68. The topological polar surface area (TPSA) is 24.9 Å². The molecule has 0 aliphatic carbocycles. The number of halogens is 1. The van der Waals surface area contributed by atoms with Crippen LogP contribution in [0, 0.1) is 0 Å². The summed E-state index contributed by atoms with van der Waals surface area (Å²) in [4.78, 5) is 4.30. The molecular formula is C8H13BrN2S2. The zero-order chi connectivity index (χ0) is 9.68. The van der Waals surface area contributed by atoms with Gasteiger partial charge in [0.25, 0.3) is 0 Å². The van der Waals surface area contributed by atoms with Crippen molar-refractivity contribution in [1.29, 1.82) is 0 Å². The third-order valence-corrected chi connectivity index (χ3v) is 3.88. The van der Waals surface area contributed by atoms with E-state index in [1.165, 1.54) is 0 Å². The summed E-state index contributed by atoms with van der Waals surface area (Å²) in [5.41, 5.74) is 0. The maximum absolute atomic E-state index is 4.30. The van der Waals surface area contributed by atoms with Crippen LogP contribution in [-0.2, 0) is 0 Å². The van der Waals surface area contributed by atoms with Gasteiger partial charge in [-0.3, -0.25) is 0 Å². The van der Waals surface area contributed by atoms with Gasteiger partial charge in [-0.15, -0.1) is 11.3 Å². The van der Waals surface area contributed by atoms with Crippen LogP contribution in [0.1, 0.15) is 13.3 Å². The predicted molar refractivity (Wildman–Crippen MR) is 65.9 cm³/mol. The van der Waals surface area contributed by atoms with Gasteiger partial charge >= 0.3 is 0 Å². The Hall–Kier alpha value is 0.260. The number of hydrogen-bond donors (Lipinski definition) is 1. The van der Waals surface area contributed by atoms with Crippen LogP contribution in [0.3, 0.4) is 0 Å². The summed E-state index contributed by atoms with van der Waals surface area (Å²) >= 11 is 6.84. The van der Waals surface area contributed by atoms with E-state index in [2.05, 4.69) is 39.4 Å². The molecular weight excluding hydrogens is 268 g/mol. The van der Waals surface area contributed by atoms with E-state index < -0.39 is 0 Å². The molecule has 5 heteroatoms. The maximum atomic E-state index is 4.30. The van der Waals surface area contributed by atoms with Crippen molar-refractivity contribution in [1.82, 2.24) is 4.98 Å². The lowest BCUT2D eigenvalue weighted by Crippen LogP contribution is -2.20. The first-order valence-corrected chi connectivity index (χ1v) is 7.19. The quantitative estimate of drug-likeness (QED) is 0.894. The molecule has 13 heavy (non-hydrogen) atoms. The molecule has 0 aliphatic heterocycles. The van der Waals surface area contributed by atoms with Crippen molar-refractivity contribution in [2.24, 2.45) is 0 Å². The third kappa shape index (κ3) is 3.87. The molecule has 1 N–H and O–H groups in total. The molecule has 1 heterocycles. The number of nitrogens with one attached hydrogen (secondary N) is 1. The Labute approximate surface area is 95.7 Å². The Balaban J connectivity index is 2.46. The summed E-state index contributed by atoms with van der Waals surface area (Å²) in [5.74, 6) is 1.13. The average molecular weight is 281 g/mol. The Morgan fingerprint density at radius 3 is 3.00 bits per heavy atom. The lowest BCUT2D eigenvalue weighted by molar-refractivity contribution is 0.773. The van der Waals surface area contributed by atoms with Crippen molar-refractivity contribution in [3.63, 3.8) is 0 Å². The second-order valence-corrected chi connectivity index (χ2v) is 5.26. The number of hydrogen-bond acceptors (Lipinski definition) is 4. The Kier molecular flexibility index (Phi) is 5.13. The highest BCUT2D eigenvalue weighted by Crippen LogP contribution is 2.21. The largest absolute Gasteiger partial charge is 0.358 e. The molecule has 0 amide bonds. The van der Waals surface area contributed by atoms with Crippen molar-refractivity contribution in [3.8, 4) is 0 Å². The normalized spacial score (nSPS) is 12.8. The predicted octanol–water partition coefficient (Wildman–Crippen LogP) is 3.46. The molecule has 1 aromatic rings. The molecule has 2 nitrogen and oxygen atoms in total. The molecule has 74 valence electrons. The summed E-state index contributed by atoms with van der Waals surface area (Å²) in [7, 11) is 0. The molecule has 0 bridgehead atoms. The van der Waals surface area contributed by atoms with Gasteiger partial charge in [-0.25, -0.2) is 4.98 Å². The van der Waals surface area contributed by atoms with Crippen molar-refractivity contribution >= 4 is 44.2 Å². The van der Waals surface area contributed by atoms with Gasteiger partial charge in [-0.2, -0.15) is 11.8 Å². The van der Waals surface area contributed by atoms with Crippen LogP contribution in [0.4, 0.5) is 5.13 Å². The summed E-state index contributed by atoms with van der Waals surface area (Å²) in [5, 5.41) is 6.41. The van der Waals surface area contributed by atoms with E-state index >= 15 is 0 Å². The number of rotatable bonds is 5. The fraction of sp³-hybridized carbons (Fsp3) is 0.625. The van der Waals surface area contributed by atoms with Crippen LogP contribution in [0.15, 0.2) is 9.98 Å². The van der Waals surface area contributed by atoms with E-state index in [1.807, 2.05) is 17.1 Å². The SMILES string of the molecule is CCC(CSC)Nc1nc(Br)cs1. The molecule has 0 saturated heterocycles. The average Bonchev–Trinajstić information content (AvgIpc) is 2.50. The van der Waals surface area contributed by atoms with Gasteiger partial charge < -0.3 is 5.32 Å². The standard InChI is InChI=1S/C8H13BrN2S2/c1-3-6(4-12-2)10-8-11-7(9)5-13-8/h5-6H,3-4H2,1-2H3,(H,10,11). The van der Waals surface area contributed by atoms with Gasteiger partial charge in [0, 0.05) is 17.2 Å². The van der Waals surface area contributed by atoms with E-state index in [0.717, 1.165) is 21.9 Å². The molecule has 0 aromatic carbocycles. The molecule has 0 saturated carbocycles. The number of nitrogens with zero attached hydrogens (tertiary/aromatic N) is 1.